The first-order chi connectivity index (χ1) is 13.6. The van der Waals surface area contributed by atoms with Crippen LogP contribution in [0.5, 0.6) is 0 Å². The van der Waals surface area contributed by atoms with Crippen molar-refractivity contribution < 1.29 is 14.0 Å². The Bertz CT molecular complexity index is 991. The minimum absolute atomic E-state index is 0.0382. The lowest BCUT2D eigenvalue weighted by molar-refractivity contribution is 0.0654. The van der Waals surface area contributed by atoms with Crippen molar-refractivity contribution in [3.63, 3.8) is 0 Å². The first kappa shape index (κ1) is 18.6. The third-order valence-electron chi connectivity index (χ3n) is 5.17. The van der Waals surface area contributed by atoms with Crippen molar-refractivity contribution >= 4 is 23.0 Å². The molecule has 0 saturated carbocycles. The molecule has 0 unspecified atom stereocenters. The van der Waals surface area contributed by atoms with Gasteiger partial charge in [-0.25, -0.2) is 4.39 Å². The number of carbonyl (C=O) groups excluding carboxylic acids is 2. The van der Waals surface area contributed by atoms with Crippen molar-refractivity contribution in [2.45, 2.75) is 12.8 Å². The van der Waals surface area contributed by atoms with Gasteiger partial charge in [-0.05, 0) is 31.0 Å². The van der Waals surface area contributed by atoms with Crippen LogP contribution in [0, 0.1) is 11.7 Å². The second-order valence-electron chi connectivity index (χ2n) is 6.94. The lowest BCUT2D eigenvalue weighted by Gasteiger charge is -2.31. The third-order valence-corrected chi connectivity index (χ3v) is 6.27. The van der Waals surface area contributed by atoms with Crippen LogP contribution in [0.1, 0.15) is 32.9 Å². The predicted molar refractivity (Wildman–Crippen MR) is 109 cm³/mol. The molecule has 0 bridgehead atoms. The van der Waals surface area contributed by atoms with Crippen LogP contribution in [-0.4, -0.2) is 29.7 Å². The summed E-state index contributed by atoms with van der Waals surface area (Å²) in [5.41, 5.74) is 1.25. The largest absolute Gasteiger partial charge is 0.338 e. The van der Waals surface area contributed by atoms with E-state index in [2.05, 4.69) is 0 Å². The number of hydrogen-bond acceptors (Lipinski definition) is 3. The van der Waals surface area contributed by atoms with Crippen molar-refractivity contribution in [2.75, 3.05) is 13.1 Å². The number of hydrogen-bond donors (Lipinski definition) is 0. The molecule has 0 radical (unpaired) electrons. The molecule has 4 rings (SSSR count). The van der Waals surface area contributed by atoms with Crippen LogP contribution in [0.15, 0.2) is 66.7 Å². The fraction of sp³-hybridized carbons (Fsp3) is 0.217. The Labute approximate surface area is 167 Å². The van der Waals surface area contributed by atoms with Gasteiger partial charge in [0.25, 0.3) is 5.91 Å². The van der Waals surface area contributed by atoms with E-state index >= 15 is 0 Å². The number of carbonyl (C=O) groups is 2. The molecule has 5 heteroatoms. The van der Waals surface area contributed by atoms with Gasteiger partial charge in [0, 0.05) is 35.0 Å². The Hall–Kier alpha value is -2.79. The average molecular weight is 393 g/mol. The van der Waals surface area contributed by atoms with Gasteiger partial charge in [-0.1, -0.05) is 48.5 Å². The summed E-state index contributed by atoms with van der Waals surface area (Å²) in [6.45, 7) is 1.13. The van der Waals surface area contributed by atoms with E-state index in [0.29, 0.717) is 36.4 Å². The maximum Gasteiger partial charge on any atom is 0.263 e. The summed E-state index contributed by atoms with van der Waals surface area (Å²) < 4.78 is 14.0. The normalized spacial score (nSPS) is 14.8. The molecule has 0 spiro atoms. The number of halogens is 1. The van der Waals surface area contributed by atoms with E-state index in [1.807, 2.05) is 30.3 Å². The molecule has 3 aromatic rings. The SMILES string of the molecule is O=C(c1ccccc1)C1CCN(C(=O)c2ccc(-c3ccccc3F)s2)CC1. The van der Waals surface area contributed by atoms with Crippen molar-refractivity contribution in [3.05, 3.63) is 83.0 Å². The van der Waals surface area contributed by atoms with Crippen molar-refractivity contribution in [2.24, 2.45) is 5.92 Å². The molecular weight excluding hydrogens is 373 g/mol. The van der Waals surface area contributed by atoms with Gasteiger partial charge in [0.05, 0.1) is 4.88 Å². The number of piperidine rings is 1. The fourth-order valence-corrected chi connectivity index (χ4v) is 4.60. The summed E-state index contributed by atoms with van der Waals surface area (Å²) in [4.78, 5) is 28.6. The summed E-state index contributed by atoms with van der Waals surface area (Å²) in [6, 6.07) is 19.5. The Kier molecular flexibility index (Phi) is 5.35. The number of amides is 1. The molecule has 0 N–H and O–H groups in total. The zero-order chi connectivity index (χ0) is 19.5. The summed E-state index contributed by atoms with van der Waals surface area (Å²) in [7, 11) is 0. The Balaban J connectivity index is 1.41. The summed E-state index contributed by atoms with van der Waals surface area (Å²) in [6.07, 6.45) is 1.34. The number of nitrogens with zero attached hydrogens (tertiary/aromatic N) is 1. The van der Waals surface area contributed by atoms with Gasteiger partial charge in [-0.2, -0.15) is 0 Å². The van der Waals surface area contributed by atoms with Crippen LogP contribution in [0.25, 0.3) is 10.4 Å². The van der Waals surface area contributed by atoms with Crippen LogP contribution in [0.4, 0.5) is 4.39 Å². The van der Waals surface area contributed by atoms with Crippen molar-refractivity contribution in [3.8, 4) is 10.4 Å². The monoisotopic (exact) mass is 393 g/mol. The van der Waals surface area contributed by atoms with Gasteiger partial charge in [-0.15, -0.1) is 11.3 Å². The smallest absolute Gasteiger partial charge is 0.263 e. The van der Waals surface area contributed by atoms with Crippen LogP contribution in [0.2, 0.25) is 0 Å². The first-order valence-corrected chi connectivity index (χ1v) is 10.2. The lowest BCUT2D eigenvalue weighted by Crippen LogP contribution is -2.40. The maximum absolute atomic E-state index is 14.0. The molecule has 2 heterocycles. The molecule has 1 fully saturated rings. The minimum atomic E-state index is -0.288. The summed E-state index contributed by atoms with van der Waals surface area (Å²) in [5, 5.41) is 0. The van der Waals surface area contributed by atoms with Gasteiger partial charge in [0.2, 0.25) is 0 Å². The van der Waals surface area contributed by atoms with Gasteiger partial charge in [0.15, 0.2) is 5.78 Å². The molecule has 1 aliphatic rings. The molecule has 2 aromatic carbocycles. The standard InChI is InChI=1S/C23H20FNO2S/c24-19-9-5-4-8-18(19)20-10-11-21(28-20)23(27)25-14-12-17(13-15-25)22(26)16-6-2-1-3-7-16/h1-11,17H,12-15H2. The molecule has 1 amide bonds. The minimum Gasteiger partial charge on any atom is -0.338 e. The zero-order valence-electron chi connectivity index (χ0n) is 15.3. The number of benzene rings is 2. The van der Waals surface area contributed by atoms with E-state index in [9.17, 15) is 14.0 Å². The first-order valence-electron chi connectivity index (χ1n) is 9.37. The topological polar surface area (TPSA) is 37.4 Å². The second-order valence-corrected chi connectivity index (χ2v) is 8.02. The molecule has 0 atom stereocenters. The Morgan fingerprint density at radius 3 is 2.29 bits per heavy atom. The van der Waals surface area contributed by atoms with E-state index in [-0.39, 0.29) is 23.4 Å². The zero-order valence-corrected chi connectivity index (χ0v) is 16.1. The van der Waals surface area contributed by atoms with E-state index in [0.717, 1.165) is 10.4 Å². The Morgan fingerprint density at radius 1 is 0.893 bits per heavy atom. The van der Waals surface area contributed by atoms with Crippen LogP contribution in [0.3, 0.4) is 0 Å². The van der Waals surface area contributed by atoms with Gasteiger partial charge >= 0.3 is 0 Å². The highest BCUT2D eigenvalue weighted by molar-refractivity contribution is 7.17. The van der Waals surface area contributed by atoms with Crippen LogP contribution < -0.4 is 0 Å². The highest BCUT2D eigenvalue weighted by Crippen LogP contribution is 2.31. The number of likely N-dealkylation sites (tertiary alicyclic amines) is 1. The van der Waals surface area contributed by atoms with E-state index < -0.39 is 0 Å². The molecular formula is C23H20FNO2S. The molecule has 1 saturated heterocycles. The van der Waals surface area contributed by atoms with Crippen molar-refractivity contribution in [1.29, 1.82) is 0 Å². The fourth-order valence-electron chi connectivity index (χ4n) is 3.60. The van der Waals surface area contributed by atoms with E-state index in [1.165, 1.54) is 17.4 Å². The molecule has 3 nitrogen and oxygen atoms in total. The highest BCUT2D eigenvalue weighted by Gasteiger charge is 2.29. The van der Waals surface area contributed by atoms with Gasteiger partial charge < -0.3 is 4.90 Å². The maximum atomic E-state index is 14.0. The van der Waals surface area contributed by atoms with E-state index in [4.69, 9.17) is 0 Å². The summed E-state index contributed by atoms with van der Waals surface area (Å²) in [5.74, 6) is -0.212. The van der Waals surface area contributed by atoms with Crippen LogP contribution in [-0.2, 0) is 0 Å². The quantitative estimate of drug-likeness (QED) is 0.565. The second kappa shape index (κ2) is 8.07. The Morgan fingerprint density at radius 2 is 1.57 bits per heavy atom. The molecule has 1 aromatic heterocycles. The molecule has 0 aliphatic carbocycles. The van der Waals surface area contributed by atoms with E-state index in [1.54, 1.807) is 35.2 Å². The van der Waals surface area contributed by atoms with Crippen LogP contribution >= 0.6 is 11.3 Å². The molecule has 1 aliphatic heterocycles. The van der Waals surface area contributed by atoms with Gasteiger partial charge in [-0.3, -0.25) is 9.59 Å². The molecule has 142 valence electrons. The summed E-state index contributed by atoms with van der Waals surface area (Å²) >= 11 is 1.31. The van der Waals surface area contributed by atoms with Crippen molar-refractivity contribution in [1.82, 2.24) is 4.90 Å². The number of rotatable bonds is 4. The predicted octanol–water partition coefficient (Wildman–Crippen LogP) is 5.29. The van der Waals surface area contributed by atoms with Gasteiger partial charge in [0.1, 0.15) is 5.82 Å². The number of thiophene rings is 1. The highest BCUT2D eigenvalue weighted by atomic mass is 32.1. The molecule has 28 heavy (non-hydrogen) atoms. The third kappa shape index (κ3) is 3.76. The average Bonchev–Trinajstić information content (AvgIpc) is 3.24. The number of ketones is 1. The number of Topliss-reactive ketones (excluding diaryl/α,β-unsaturated/α-hetero) is 1. The lowest BCUT2D eigenvalue weighted by atomic mass is 9.89.